The summed E-state index contributed by atoms with van der Waals surface area (Å²) in [5.41, 5.74) is 0. The molecule has 4 nitrogen and oxygen atoms in total. The summed E-state index contributed by atoms with van der Waals surface area (Å²) in [7, 11) is -3.57. The molecule has 1 unspecified atom stereocenters. The molecule has 0 saturated carbocycles. The minimum absolute atomic E-state index is 0.106. The molecule has 0 heterocycles. The minimum Gasteiger partial charge on any atom is -0.212 e. The lowest BCUT2D eigenvalue weighted by Crippen LogP contribution is -2.30. The van der Waals surface area contributed by atoms with Gasteiger partial charge in [0.2, 0.25) is 10.0 Å². The summed E-state index contributed by atoms with van der Waals surface area (Å²) in [5, 5.41) is 8.63. The fourth-order valence-corrected chi connectivity index (χ4v) is 2.97. The predicted molar refractivity (Wildman–Crippen MR) is 63.9 cm³/mol. The number of halogens is 3. The monoisotopic (exact) mass is 308 g/mol. The highest BCUT2D eigenvalue weighted by atomic mass is 35.5. The molecular weight excluding hydrogens is 303 g/mol. The quantitative estimate of drug-likeness (QED) is 0.749. The Balaban J connectivity index is 5.03. The largest absolute Gasteiger partial charge is 0.221 e. The SMILES string of the molecule is CC(C#N)N(SC(Cl)=C(Cl)Cl)S(C)(=O)=O. The zero-order valence-electron chi connectivity index (χ0n) is 7.74. The molecule has 86 valence electrons. The van der Waals surface area contributed by atoms with Gasteiger partial charge in [0.15, 0.2) is 0 Å². The van der Waals surface area contributed by atoms with E-state index in [-0.39, 0.29) is 8.86 Å². The summed E-state index contributed by atoms with van der Waals surface area (Å²) in [6.45, 7) is 1.42. The Morgan fingerprint density at radius 1 is 1.47 bits per heavy atom. The van der Waals surface area contributed by atoms with Crippen molar-refractivity contribution < 1.29 is 8.42 Å². The van der Waals surface area contributed by atoms with E-state index in [0.29, 0.717) is 11.9 Å². The molecule has 0 N–H and O–H groups in total. The topological polar surface area (TPSA) is 61.2 Å². The van der Waals surface area contributed by atoms with Gasteiger partial charge in [0.05, 0.1) is 12.3 Å². The summed E-state index contributed by atoms with van der Waals surface area (Å²) in [6.07, 6.45) is 0.958. The van der Waals surface area contributed by atoms with E-state index >= 15 is 0 Å². The normalized spacial score (nSPS) is 13.4. The predicted octanol–water partition coefficient (Wildman–Crippen LogP) is 2.65. The highest BCUT2D eigenvalue weighted by Crippen LogP contribution is 2.34. The molecule has 15 heavy (non-hydrogen) atoms. The van der Waals surface area contributed by atoms with Crippen molar-refractivity contribution in [3.05, 3.63) is 8.86 Å². The van der Waals surface area contributed by atoms with Gasteiger partial charge in [-0.1, -0.05) is 34.8 Å². The van der Waals surface area contributed by atoms with Gasteiger partial charge in [-0.3, -0.25) is 0 Å². The fourth-order valence-electron chi connectivity index (χ4n) is 0.595. The van der Waals surface area contributed by atoms with Crippen molar-refractivity contribution >= 4 is 56.8 Å². The lowest BCUT2D eigenvalue weighted by atomic mass is 10.4. The molecule has 9 heteroatoms. The van der Waals surface area contributed by atoms with Crippen molar-refractivity contribution in [3.63, 3.8) is 0 Å². The Hall–Kier alpha value is 0.360. The molecule has 0 bridgehead atoms. The molecule has 0 saturated heterocycles. The zero-order chi connectivity index (χ0) is 12.2. The maximum absolute atomic E-state index is 11.3. The Labute approximate surface area is 108 Å². The van der Waals surface area contributed by atoms with Gasteiger partial charge in [-0.2, -0.15) is 5.26 Å². The van der Waals surface area contributed by atoms with Crippen molar-refractivity contribution in [3.8, 4) is 6.07 Å². The van der Waals surface area contributed by atoms with Crippen LogP contribution in [-0.4, -0.2) is 24.4 Å². The van der Waals surface area contributed by atoms with Crippen LogP contribution in [0.15, 0.2) is 8.86 Å². The molecule has 0 fully saturated rings. The minimum atomic E-state index is -3.57. The van der Waals surface area contributed by atoms with E-state index in [4.69, 9.17) is 40.1 Å². The number of sulfonamides is 1. The van der Waals surface area contributed by atoms with Crippen molar-refractivity contribution in [1.29, 1.82) is 5.26 Å². The number of nitrogens with zero attached hydrogens (tertiary/aromatic N) is 2. The van der Waals surface area contributed by atoms with E-state index in [1.54, 1.807) is 6.07 Å². The Kier molecular flexibility index (Phi) is 6.33. The van der Waals surface area contributed by atoms with E-state index < -0.39 is 16.1 Å². The molecule has 0 aliphatic carbocycles. The third-order valence-electron chi connectivity index (χ3n) is 1.15. The second-order valence-corrected chi connectivity index (χ2v) is 7.08. The van der Waals surface area contributed by atoms with Crippen LogP contribution < -0.4 is 0 Å². The maximum Gasteiger partial charge on any atom is 0.221 e. The van der Waals surface area contributed by atoms with Gasteiger partial charge in [0.25, 0.3) is 0 Å². The first-order valence-electron chi connectivity index (χ1n) is 3.48. The highest BCUT2D eigenvalue weighted by molar-refractivity contribution is 8.11. The van der Waals surface area contributed by atoms with E-state index in [0.717, 1.165) is 9.97 Å². The van der Waals surface area contributed by atoms with E-state index in [1.165, 1.54) is 6.92 Å². The Morgan fingerprint density at radius 2 is 1.93 bits per heavy atom. The summed E-state index contributed by atoms with van der Waals surface area (Å²) in [6, 6.07) is 0.905. The summed E-state index contributed by atoms with van der Waals surface area (Å²) >= 11 is 16.9. The number of rotatable bonds is 4. The number of nitriles is 1. The lowest BCUT2D eigenvalue weighted by Gasteiger charge is -2.19. The Bertz CT molecular complexity index is 397. The summed E-state index contributed by atoms with van der Waals surface area (Å²) in [4.78, 5) is 0. The molecule has 0 aromatic heterocycles. The molecule has 0 aliphatic heterocycles. The third kappa shape index (κ3) is 5.29. The first-order valence-corrected chi connectivity index (χ1v) is 7.23. The molecule has 0 spiro atoms. The first-order chi connectivity index (χ1) is 6.70. The van der Waals surface area contributed by atoms with Gasteiger partial charge in [0.1, 0.15) is 14.9 Å². The van der Waals surface area contributed by atoms with Gasteiger partial charge in [0, 0.05) is 0 Å². The Morgan fingerprint density at radius 3 is 2.20 bits per heavy atom. The summed E-state index contributed by atoms with van der Waals surface area (Å²) in [5.74, 6) is 0. The number of hydrogen-bond donors (Lipinski definition) is 0. The molecule has 0 aromatic rings. The van der Waals surface area contributed by atoms with Crippen LogP contribution in [0.2, 0.25) is 0 Å². The smallest absolute Gasteiger partial charge is 0.212 e. The average Bonchev–Trinajstić information content (AvgIpc) is 2.10. The van der Waals surface area contributed by atoms with Crippen molar-refractivity contribution in [2.45, 2.75) is 13.0 Å². The van der Waals surface area contributed by atoms with Crippen LogP contribution in [0, 0.1) is 11.3 Å². The van der Waals surface area contributed by atoms with Crippen LogP contribution in [0.4, 0.5) is 0 Å². The van der Waals surface area contributed by atoms with Crippen LogP contribution in [-0.2, 0) is 10.0 Å². The summed E-state index contributed by atoms with van der Waals surface area (Å²) < 4.78 is 23.0. The van der Waals surface area contributed by atoms with Crippen LogP contribution in [0.1, 0.15) is 6.92 Å². The second kappa shape index (κ2) is 6.18. The lowest BCUT2D eigenvalue weighted by molar-refractivity contribution is 0.532. The number of hydrogen-bond acceptors (Lipinski definition) is 4. The third-order valence-corrected chi connectivity index (χ3v) is 5.21. The zero-order valence-corrected chi connectivity index (χ0v) is 11.6. The first kappa shape index (κ1) is 15.4. The standard InChI is InChI=1S/C6H7Cl3N2O2S2/c1-4(3-10)11(15(2,12)13)14-6(9)5(7)8/h4H,1-2H3. The van der Waals surface area contributed by atoms with Gasteiger partial charge >= 0.3 is 0 Å². The molecule has 0 aliphatic rings. The van der Waals surface area contributed by atoms with Gasteiger partial charge in [-0.15, -0.1) is 3.71 Å². The van der Waals surface area contributed by atoms with Crippen LogP contribution in [0.25, 0.3) is 0 Å². The van der Waals surface area contributed by atoms with Crippen LogP contribution >= 0.6 is 46.8 Å². The maximum atomic E-state index is 11.3. The molecular formula is C6H7Cl3N2O2S2. The van der Waals surface area contributed by atoms with Crippen molar-refractivity contribution in [2.24, 2.45) is 0 Å². The van der Waals surface area contributed by atoms with Crippen LogP contribution in [0.3, 0.4) is 0 Å². The second-order valence-electron chi connectivity index (χ2n) is 2.45. The molecule has 0 aromatic carbocycles. The molecule has 0 rings (SSSR count). The molecule has 0 amide bonds. The fraction of sp³-hybridized carbons (Fsp3) is 0.500. The molecule has 0 radical (unpaired) electrons. The van der Waals surface area contributed by atoms with Gasteiger partial charge in [-0.25, -0.2) is 8.42 Å². The highest BCUT2D eigenvalue weighted by Gasteiger charge is 2.25. The van der Waals surface area contributed by atoms with Crippen molar-refractivity contribution in [1.82, 2.24) is 3.71 Å². The van der Waals surface area contributed by atoms with Crippen LogP contribution in [0.5, 0.6) is 0 Å². The van der Waals surface area contributed by atoms with E-state index in [2.05, 4.69) is 0 Å². The van der Waals surface area contributed by atoms with E-state index in [1.807, 2.05) is 0 Å². The van der Waals surface area contributed by atoms with E-state index in [9.17, 15) is 8.42 Å². The van der Waals surface area contributed by atoms with Gasteiger partial charge in [-0.05, 0) is 18.9 Å². The molecule has 1 atom stereocenters. The average molecular weight is 310 g/mol. The van der Waals surface area contributed by atoms with Gasteiger partial charge < -0.3 is 0 Å². The van der Waals surface area contributed by atoms with Crippen molar-refractivity contribution in [2.75, 3.05) is 6.26 Å².